The molecular formula is C11H9FO4. The van der Waals surface area contributed by atoms with Gasteiger partial charge in [0.2, 0.25) is 6.10 Å². The van der Waals surface area contributed by atoms with Crippen LogP contribution in [0.25, 0.3) is 0 Å². The number of carbonyl (C=O) groups is 2. The maximum Gasteiger partial charge on any atom is 0.345 e. The van der Waals surface area contributed by atoms with Gasteiger partial charge in [-0.25, -0.2) is 14.0 Å². The van der Waals surface area contributed by atoms with Gasteiger partial charge in [0.05, 0.1) is 5.56 Å². The first kappa shape index (κ1) is 10.6. The molecule has 2 rings (SSSR count). The molecule has 1 N–H and O–H groups in total. The number of carboxylic acid groups (broad SMARTS) is 1. The number of cyclic esters (lactones) is 1. The molecule has 1 aromatic rings. The van der Waals surface area contributed by atoms with Crippen molar-refractivity contribution in [2.45, 2.75) is 19.4 Å². The molecule has 0 saturated carbocycles. The molecule has 1 aliphatic heterocycles. The lowest BCUT2D eigenvalue weighted by Gasteiger charge is -2.23. The highest BCUT2D eigenvalue weighted by Gasteiger charge is 2.33. The second kappa shape index (κ2) is 3.59. The second-order valence-corrected chi connectivity index (χ2v) is 3.65. The molecule has 84 valence electrons. The lowest BCUT2D eigenvalue weighted by molar-refractivity contribution is -0.147. The zero-order valence-electron chi connectivity index (χ0n) is 8.49. The molecule has 16 heavy (non-hydrogen) atoms. The third kappa shape index (κ3) is 1.54. The summed E-state index contributed by atoms with van der Waals surface area (Å²) in [6.07, 6.45) is -1.42. The van der Waals surface area contributed by atoms with Crippen molar-refractivity contribution in [2.24, 2.45) is 0 Å². The molecule has 0 saturated heterocycles. The summed E-state index contributed by atoms with van der Waals surface area (Å²) in [6, 6.07) is 2.70. The van der Waals surface area contributed by atoms with Crippen LogP contribution >= 0.6 is 0 Å². The van der Waals surface area contributed by atoms with Crippen molar-refractivity contribution in [3.63, 3.8) is 0 Å². The summed E-state index contributed by atoms with van der Waals surface area (Å²) < 4.78 is 18.2. The third-order valence-corrected chi connectivity index (χ3v) is 2.58. The van der Waals surface area contributed by atoms with Gasteiger partial charge in [0, 0.05) is 12.0 Å². The van der Waals surface area contributed by atoms with Crippen LogP contribution in [0.4, 0.5) is 4.39 Å². The fourth-order valence-electron chi connectivity index (χ4n) is 1.78. The fraction of sp³-hybridized carbons (Fsp3) is 0.273. The molecule has 1 unspecified atom stereocenters. The van der Waals surface area contributed by atoms with Crippen LogP contribution in [0.2, 0.25) is 0 Å². The van der Waals surface area contributed by atoms with E-state index in [1.165, 1.54) is 12.1 Å². The van der Waals surface area contributed by atoms with Crippen molar-refractivity contribution >= 4 is 11.9 Å². The van der Waals surface area contributed by atoms with Crippen molar-refractivity contribution < 1.29 is 23.8 Å². The van der Waals surface area contributed by atoms with Crippen molar-refractivity contribution in [1.82, 2.24) is 0 Å². The molecule has 1 aromatic carbocycles. The van der Waals surface area contributed by atoms with E-state index in [1.54, 1.807) is 6.92 Å². The molecule has 1 aliphatic rings. The minimum atomic E-state index is -1.30. The van der Waals surface area contributed by atoms with Crippen molar-refractivity contribution in [3.8, 4) is 0 Å². The second-order valence-electron chi connectivity index (χ2n) is 3.65. The highest BCUT2D eigenvalue weighted by molar-refractivity contribution is 5.96. The number of esters is 1. The molecule has 0 radical (unpaired) electrons. The summed E-state index contributed by atoms with van der Waals surface area (Å²) in [7, 11) is 0. The van der Waals surface area contributed by atoms with Crippen LogP contribution in [-0.4, -0.2) is 23.1 Å². The van der Waals surface area contributed by atoms with Crippen LogP contribution in [0.5, 0.6) is 0 Å². The van der Waals surface area contributed by atoms with Gasteiger partial charge in [0.15, 0.2) is 0 Å². The van der Waals surface area contributed by atoms with Gasteiger partial charge in [-0.15, -0.1) is 0 Å². The Morgan fingerprint density at radius 3 is 2.88 bits per heavy atom. The van der Waals surface area contributed by atoms with Gasteiger partial charge in [-0.2, -0.15) is 0 Å². The number of benzene rings is 1. The summed E-state index contributed by atoms with van der Waals surface area (Å²) in [5.41, 5.74) is 0.867. The minimum Gasteiger partial charge on any atom is -0.478 e. The summed E-state index contributed by atoms with van der Waals surface area (Å²) in [5, 5.41) is 8.74. The zero-order valence-corrected chi connectivity index (χ0v) is 8.49. The van der Waals surface area contributed by atoms with E-state index in [2.05, 4.69) is 0 Å². The first-order valence-electron chi connectivity index (χ1n) is 4.72. The number of aryl methyl sites for hydroxylation is 1. The van der Waals surface area contributed by atoms with E-state index < -0.39 is 23.9 Å². The summed E-state index contributed by atoms with van der Waals surface area (Å²) >= 11 is 0. The Morgan fingerprint density at radius 2 is 2.25 bits per heavy atom. The molecule has 0 spiro atoms. The standard InChI is InChI=1S/C11H9FO4/c1-5-2-3-7(12)6-4-8(10(13)14)16-11(15)9(5)6/h2-3,8H,4H2,1H3,(H,13,14). The lowest BCUT2D eigenvalue weighted by atomic mass is 9.94. The number of carbonyl (C=O) groups excluding carboxylic acids is 1. The van der Waals surface area contributed by atoms with Gasteiger partial charge in [0.25, 0.3) is 0 Å². The Bertz CT molecular complexity index is 481. The molecule has 5 heteroatoms. The molecule has 0 bridgehead atoms. The van der Waals surface area contributed by atoms with Crippen LogP contribution in [0.15, 0.2) is 12.1 Å². The Labute approximate surface area is 90.6 Å². The van der Waals surface area contributed by atoms with E-state index in [9.17, 15) is 14.0 Å². The Kier molecular flexibility index (Phi) is 2.38. The Balaban J connectivity index is 2.54. The number of ether oxygens (including phenoxy) is 1. The van der Waals surface area contributed by atoms with Crippen molar-refractivity contribution in [1.29, 1.82) is 0 Å². The third-order valence-electron chi connectivity index (χ3n) is 2.58. The predicted molar refractivity (Wildman–Crippen MR) is 51.7 cm³/mol. The topological polar surface area (TPSA) is 63.6 Å². The van der Waals surface area contributed by atoms with Gasteiger partial charge < -0.3 is 9.84 Å². The van der Waals surface area contributed by atoms with E-state index in [0.717, 1.165) is 0 Å². The predicted octanol–water partition coefficient (Wildman–Crippen LogP) is 1.30. The number of hydrogen-bond acceptors (Lipinski definition) is 3. The lowest BCUT2D eigenvalue weighted by Crippen LogP contribution is -2.35. The van der Waals surface area contributed by atoms with Gasteiger partial charge in [0.1, 0.15) is 5.82 Å². The SMILES string of the molecule is Cc1ccc(F)c2c1C(=O)OC(C(=O)O)C2. The van der Waals surface area contributed by atoms with E-state index in [1.807, 2.05) is 0 Å². The molecule has 4 nitrogen and oxygen atoms in total. The zero-order chi connectivity index (χ0) is 11.9. The Morgan fingerprint density at radius 1 is 1.56 bits per heavy atom. The monoisotopic (exact) mass is 224 g/mol. The van der Waals surface area contributed by atoms with Crippen LogP contribution in [0.1, 0.15) is 21.5 Å². The number of carboxylic acids is 1. The molecule has 1 atom stereocenters. The first-order valence-corrected chi connectivity index (χ1v) is 4.72. The van der Waals surface area contributed by atoms with Crippen LogP contribution in [-0.2, 0) is 16.0 Å². The average Bonchev–Trinajstić information content (AvgIpc) is 2.22. The molecule has 0 amide bonds. The van der Waals surface area contributed by atoms with E-state index in [0.29, 0.717) is 5.56 Å². The van der Waals surface area contributed by atoms with E-state index in [4.69, 9.17) is 9.84 Å². The number of halogens is 1. The molecule has 0 aliphatic carbocycles. The van der Waals surface area contributed by atoms with E-state index >= 15 is 0 Å². The maximum absolute atomic E-state index is 13.5. The highest BCUT2D eigenvalue weighted by atomic mass is 19.1. The minimum absolute atomic E-state index is 0.121. The molecule has 0 fully saturated rings. The average molecular weight is 224 g/mol. The summed E-state index contributed by atoms with van der Waals surface area (Å²) in [5.74, 6) is -2.60. The number of aliphatic carboxylic acids is 1. The van der Waals surface area contributed by atoms with Gasteiger partial charge in [-0.1, -0.05) is 6.07 Å². The normalized spacial score (nSPS) is 18.9. The van der Waals surface area contributed by atoms with Crippen LogP contribution in [0.3, 0.4) is 0 Å². The van der Waals surface area contributed by atoms with Crippen LogP contribution in [0, 0.1) is 12.7 Å². The number of fused-ring (bicyclic) bond motifs is 1. The molecule has 0 aromatic heterocycles. The maximum atomic E-state index is 13.5. The summed E-state index contributed by atoms with van der Waals surface area (Å²) in [6.45, 7) is 1.65. The van der Waals surface area contributed by atoms with Crippen molar-refractivity contribution in [3.05, 3.63) is 34.6 Å². The highest BCUT2D eigenvalue weighted by Crippen LogP contribution is 2.26. The summed E-state index contributed by atoms with van der Waals surface area (Å²) in [4.78, 5) is 22.2. The quantitative estimate of drug-likeness (QED) is 0.730. The smallest absolute Gasteiger partial charge is 0.345 e. The van der Waals surface area contributed by atoms with Crippen LogP contribution < -0.4 is 0 Å². The number of rotatable bonds is 1. The van der Waals surface area contributed by atoms with E-state index in [-0.39, 0.29) is 17.5 Å². The fourth-order valence-corrected chi connectivity index (χ4v) is 1.78. The Hall–Kier alpha value is -1.91. The molecular weight excluding hydrogens is 215 g/mol. The van der Waals surface area contributed by atoms with Gasteiger partial charge in [-0.3, -0.25) is 0 Å². The van der Waals surface area contributed by atoms with Crippen molar-refractivity contribution in [2.75, 3.05) is 0 Å². The first-order chi connectivity index (χ1) is 7.50. The van der Waals surface area contributed by atoms with Gasteiger partial charge >= 0.3 is 11.9 Å². The largest absolute Gasteiger partial charge is 0.478 e. The number of hydrogen-bond donors (Lipinski definition) is 1. The van der Waals surface area contributed by atoms with Gasteiger partial charge in [-0.05, 0) is 18.6 Å². The molecule has 1 heterocycles.